The third-order valence-electron chi connectivity index (χ3n) is 2.41. The van der Waals surface area contributed by atoms with Crippen molar-refractivity contribution in [2.75, 3.05) is 5.32 Å². The predicted octanol–water partition coefficient (Wildman–Crippen LogP) is 3.91. The van der Waals surface area contributed by atoms with E-state index in [0.717, 1.165) is 5.69 Å². The average molecular weight is 233 g/mol. The molecule has 2 nitrogen and oxygen atoms in total. The fourth-order valence-corrected chi connectivity index (χ4v) is 1.65. The van der Waals surface area contributed by atoms with E-state index in [4.69, 9.17) is 11.6 Å². The highest BCUT2D eigenvalue weighted by Gasteiger charge is 2.04. The van der Waals surface area contributed by atoms with E-state index in [1.165, 1.54) is 5.56 Å². The molecule has 16 heavy (non-hydrogen) atoms. The number of benzene rings is 1. The van der Waals surface area contributed by atoms with Crippen LogP contribution in [0.5, 0.6) is 0 Å². The molecule has 0 aliphatic carbocycles. The van der Waals surface area contributed by atoms with E-state index >= 15 is 0 Å². The van der Waals surface area contributed by atoms with Gasteiger partial charge < -0.3 is 5.32 Å². The molecule has 1 aromatic heterocycles. The monoisotopic (exact) mass is 232 g/mol. The van der Waals surface area contributed by atoms with Crippen LogP contribution >= 0.6 is 11.6 Å². The van der Waals surface area contributed by atoms with Crippen molar-refractivity contribution in [2.24, 2.45) is 0 Å². The first-order valence-electron chi connectivity index (χ1n) is 5.19. The summed E-state index contributed by atoms with van der Waals surface area (Å²) in [5.41, 5.74) is 2.22. The number of hydrogen-bond acceptors (Lipinski definition) is 2. The van der Waals surface area contributed by atoms with Gasteiger partial charge in [0.05, 0.1) is 11.9 Å². The summed E-state index contributed by atoms with van der Waals surface area (Å²) in [6, 6.07) is 14.2. The van der Waals surface area contributed by atoms with Crippen LogP contribution in [0.15, 0.2) is 48.7 Å². The highest BCUT2D eigenvalue weighted by Crippen LogP contribution is 2.18. The van der Waals surface area contributed by atoms with Crippen LogP contribution in [0.1, 0.15) is 18.5 Å². The topological polar surface area (TPSA) is 24.9 Å². The molecule has 0 bridgehead atoms. The van der Waals surface area contributed by atoms with Crippen LogP contribution in [-0.4, -0.2) is 4.98 Å². The maximum Gasteiger partial charge on any atom is 0.129 e. The summed E-state index contributed by atoms with van der Waals surface area (Å²) >= 11 is 5.73. The second-order valence-corrected chi connectivity index (χ2v) is 4.03. The van der Waals surface area contributed by atoms with Crippen molar-refractivity contribution < 1.29 is 0 Å². The molecular weight excluding hydrogens is 220 g/mol. The lowest BCUT2D eigenvalue weighted by Gasteiger charge is -2.15. The lowest BCUT2D eigenvalue weighted by atomic mass is 10.1. The number of halogens is 1. The Hall–Kier alpha value is -1.54. The molecule has 0 fully saturated rings. The Kier molecular flexibility index (Phi) is 3.42. The molecule has 0 radical (unpaired) electrons. The van der Waals surface area contributed by atoms with Crippen molar-refractivity contribution >= 4 is 17.3 Å². The first-order valence-corrected chi connectivity index (χ1v) is 5.56. The Balaban J connectivity index is 2.08. The van der Waals surface area contributed by atoms with Gasteiger partial charge in [0.2, 0.25) is 0 Å². The van der Waals surface area contributed by atoms with Crippen molar-refractivity contribution in [3.8, 4) is 0 Å². The molecule has 0 saturated carbocycles. The SMILES string of the molecule is CC(Nc1ccc(Cl)nc1)c1ccccc1. The summed E-state index contributed by atoms with van der Waals surface area (Å²) in [4.78, 5) is 4.03. The minimum Gasteiger partial charge on any atom is -0.377 e. The molecular formula is C13H13ClN2. The maximum atomic E-state index is 5.73. The molecule has 0 aliphatic heterocycles. The molecule has 1 unspecified atom stereocenters. The van der Waals surface area contributed by atoms with Crippen molar-refractivity contribution in [3.05, 3.63) is 59.4 Å². The minimum absolute atomic E-state index is 0.254. The van der Waals surface area contributed by atoms with Crippen LogP contribution in [0.2, 0.25) is 5.15 Å². The largest absolute Gasteiger partial charge is 0.377 e. The van der Waals surface area contributed by atoms with E-state index in [-0.39, 0.29) is 6.04 Å². The summed E-state index contributed by atoms with van der Waals surface area (Å²) in [7, 11) is 0. The van der Waals surface area contributed by atoms with E-state index in [1.54, 1.807) is 12.3 Å². The number of hydrogen-bond donors (Lipinski definition) is 1. The lowest BCUT2D eigenvalue weighted by molar-refractivity contribution is 0.883. The highest BCUT2D eigenvalue weighted by molar-refractivity contribution is 6.29. The molecule has 2 rings (SSSR count). The number of aromatic nitrogens is 1. The summed E-state index contributed by atoms with van der Waals surface area (Å²) < 4.78 is 0. The van der Waals surface area contributed by atoms with Gasteiger partial charge in [0.25, 0.3) is 0 Å². The Morgan fingerprint density at radius 2 is 1.88 bits per heavy atom. The molecule has 0 spiro atoms. The van der Waals surface area contributed by atoms with Crippen LogP contribution in [0, 0.1) is 0 Å². The van der Waals surface area contributed by atoms with Crippen molar-refractivity contribution in [2.45, 2.75) is 13.0 Å². The fraction of sp³-hybridized carbons (Fsp3) is 0.154. The first-order chi connectivity index (χ1) is 7.75. The zero-order chi connectivity index (χ0) is 11.4. The van der Waals surface area contributed by atoms with Crippen LogP contribution < -0.4 is 5.32 Å². The molecule has 82 valence electrons. The molecule has 1 atom stereocenters. The van der Waals surface area contributed by atoms with Crippen LogP contribution in [0.4, 0.5) is 5.69 Å². The second kappa shape index (κ2) is 4.99. The third-order valence-corrected chi connectivity index (χ3v) is 2.63. The van der Waals surface area contributed by atoms with Crippen molar-refractivity contribution in [1.82, 2.24) is 4.98 Å². The van der Waals surface area contributed by atoms with Crippen LogP contribution in [0.25, 0.3) is 0 Å². The lowest BCUT2D eigenvalue weighted by Crippen LogP contribution is -2.06. The summed E-state index contributed by atoms with van der Waals surface area (Å²) in [6.45, 7) is 2.12. The predicted molar refractivity (Wildman–Crippen MR) is 67.7 cm³/mol. The number of rotatable bonds is 3. The molecule has 1 heterocycles. The van der Waals surface area contributed by atoms with Gasteiger partial charge in [-0.25, -0.2) is 4.98 Å². The molecule has 3 heteroatoms. The van der Waals surface area contributed by atoms with Crippen molar-refractivity contribution in [1.29, 1.82) is 0 Å². The molecule has 1 N–H and O–H groups in total. The standard InChI is InChI=1S/C13H13ClN2/c1-10(11-5-3-2-4-6-11)16-12-7-8-13(14)15-9-12/h2-10,16H,1H3. The number of nitrogens with zero attached hydrogens (tertiary/aromatic N) is 1. The molecule has 2 aromatic rings. The molecule has 0 saturated heterocycles. The number of anilines is 1. The van der Waals surface area contributed by atoms with Gasteiger partial charge in [-0.1, -0.05) is 41.9 Å². The van der Waals surface area contributed by atoms with Gasteiger partial charge in [0, 0.05) is 6.04 Å². The van der Waals surface area contributed by atoms with Gasteiger partial charge in [0.15, 0.2) is 0 Å². The maximum absolute atomic E-state index is 5.73. The molecule has 0 amide bonds. The smallest absolute Gasteiger partial charge is 0.129 e. The van der Waals surface area contributed by atoms with Crippen molar-refractivity contribution in [3.63, 3.8) is 0 Å². The molecule has 1 aromatic carbocycles. The highest BCUT2D eigenvalue weighted by atomic mass is 35.5. The second-order valence-electron chi connectivity index (χ2n) is 3.65. The quantitative estimate of drug-likeness (QED) is 0.812. The third kappa shape index (κ3) is 2.74. The van der Waals surface area contributed by atoms with Gasteiger partial charge in [0.1, 0.15) is 5.15 Å². The zero-order valence-electron chi connectivity index (χ0n) is 9.02. The van der Waals surface area contributed by atoms with Gasteiger partial charge >= 0.3 is 0 Å². The van der Waals surface area contributed by atoms with E-state index in [9.17, 15) is 0 Å². The normalized spacial score (nSPS) is 12.1. The van der Waals surface area contributed by atoms with Gasteiger partial charge in [-0.3, -0.25) is 0 Å². The Labute approximate surface area is 100 Å². The summed E-state index contributed by atoms with van der Waals surface area (Å²) in [5, 5.41) is 3.88. The van der Waals surface area contributed by atoms with E-state index in [2.05, 4.69) is 29.4 Å². The van der Waals surface area contributed by atoms with Gasteiger partial charge in [-0.15, -0.1) is 0 Å². The Morgan fingerprint density at radius 1 is 1.12 bits per heavy atom. The minimum atomic E-state index is 0.254. The number of pyridine rings is 1. The van der Waals surface area contributed by atoms with Crippen LogP contribution in [0.3, 0.4) is 0 Å². The van der Waals surface area contributed by atoms with Gasteiger partial charge in [-0.05, 0) is 24.6 Å². The van der Waals surface area contributed by atoms with Gasteiger partial charge in [-0.2, -0.15) is 0 Å². The van der Waals surface area contributed by atoms with E-state index < -0.39 is 0 Å². The summed E-state index contributed by atoms with van der Waals surface area (Å²) in [5.74, 6) is 0. The molecule has 0 aliphatic rings. The van der Waals surface area contributed by atoms with E-state index in [1.807, 2.05) is 24.3 Å². The Bertz CT molecular complexity index is 439. The number of nitrogens with one attached hydrogen (secondary N) is 1. The van der Waals surface area contributed by atoms with Crippen LogP contribution in [-0.2, 0) is 0 Å². The summed E-state index contributed by atoms with van der Waals surface area (Å²) in [6.07, 6.45) is 1.74. The zero-order valence-corrected chi connectivity index (χ0v) is 9.78. The van der Waals surface area contributed by atoms with E-state index in [0.29, 0.717) is 5.15 Å². The average Bonchev–Trinajstić information content (AvgIpc) is 2.33. The fourth-order valence-electron chi connectivity index (χ4n) is 1.54. The Morgan fingerprint density at radius 3 is 2.50 bits per heavy atom. The first kappa shape index (κ1) is 11.0.